The van der Waals surface area contributed by atoms with Crippen molar-refractivity contribution in [3.05, 3.63) is 103 Å². The normalized spacial score (nSPS) is 14.3. The van der Waals surface area contributed by atoms with Crippen LogP contribution in [0.25, 0.3) is 0 Å². The van der Waals surface area contributed by atoms with Gasteiger partial charge in [0.1, 0.15) is 15.6 Å². The number of esters is 1. The Hall–Kier alpha value is -3.89. The van der Waals surface area contributed by atoms with Gasteiger partial charge in [-0.15, -0.1) is 0 Å². The summed E-state index contributed by atoms with van der Waals surface area (Å²) in [6.07, 6.45) is 0. The zero-order valence-corrected chi connectivity index (χ0v) is 22.6. The highest BCUT2D eigenvalue weighted by molar-refractivity contribution is 6.59. The van der Waals surface area contributed by atoms with Gasteiger partial charge in [0.15, 0.2) is 17.3 Å². The minimum absolute atomic E-state index is 0.0937. The first-order chi connectivity index (χ1) is 18.5. The molecule has 0 fully saturated rings. The molecule has 0 saturated heterocycles. The second kappa shape index (κ2) is 10.7. The summed E-state index contributed by atoms with van der Waals surface area (Å²) < 4.78 is 21.0. The number of halogens is 2. The average molecular weight is 571 g/mol. The van der Waals surface area contributed by atoms with Gasteiger partial charge >= 0.3 is 5.97 Å². The van der Waals surface area contributed by atoms with Crippen LogP contribution < -0.4 is 0 Å². The first-order valence-electron chi connectivity index (χ1n) is 11.3. The first kappa shape index (κ1) is 28.1. The molecule has 11 heteroatoms. The molecular formula is C28H20Cl2O9. The number of hydrogen-bond acceptors (Lipinski definition) is 9. The molecule has 9 nitrogen and oxygen atoms in total. The van der Waals surface area contributed by atoms with E-state index in [1.54, 1.807) is 36.4 Å². The van der Waals surface area contributed by atoms with Crippen molar-refractivity contribution in [1.29, 1.82) is 0 Å². The Kier molecular flexibility index (Phi) is 7.72. The van der Waals surface area contributed by atoms with Crippen molar-refractivity contribution in [1.82, 2.24) is 0 Å². The zero-order valence-electron chi connectivity index (χ0n) is 21.0. The van der Waals surface area contributed by atoms with Crippen LogP contribution in [-0.4, -0.2) is 50.4 Å². The van der Waals surface area contributed by atoms with Gasteiger partial charge in [-0.05, 0) is 6.92 Å². The predicted molar refractivity (Wildman–Crippen MR) is 139 cm³/mol. The molecule has 200 valence electrons. The Balaban J connectivity index is 0.000000212. The van der Waals surface area contributed by atoms with Crippen molar-refractivity contribution in [3.8, 4) is 0 Å². The fourth-order valence-electron chi connectivity index (χ4n) is 4.14. The van der Waals surface area contributed by atoms with E-state index in [0.29, 0.717) is 11.1 Å². The van der Waals surface area contributed by atoms with E-state index >= 15 is 0 Å². The van der Waals surface area contributed by atoms with Crippen molar-refractivity contribution in [2.24, 2.45) is 0 Å². The van der Waals surface area contributed by atoms with Crippen molar-refractivity contribution < 1.29 is 42.6 Å². The summed E-state index contributed by atoms with van der Waals surface area (Å²) in [7, 11) is 3.88. The molecule has 0 amide bonds. The lowest BCUT2D eigenvalue weighted by atomic mass is 9.86. The third-order valence-electron chi connectivity index (χ3n) is 6.35. The highest BCUT2D eigenvalue weighted by Crippen LogP contribution is 2.39. The second-order valence-electron chi connectivity index (χ2n) is 8.39. The molecule has 0 N–H and O–H groups in total. The Labute approximate surface area is 232 Å². The topological polar surface area (TPSA) is 126 Å². The number of furan rings is 1. The lowest BCUT2D eigenvalue weighted by molar-refractivity contribution is -0.213. The van der Waals surface area contributed by atoms with Gasteiger partial charge in [-0.3, -0.25) is 19.2 Å². The van der Waals surface area contributed by atoms with E-state index in [9.17, 15) is 24.0 Å². The van der Waals surface area contributed by atoms with Crippen LogP contribution in [0, 0.1) is 0 Å². The molecule has 2 aliphatic rings. The number of carbonyl (C=O) groups excluding carboxylic acids is 5. The average Bonchev–Trinajstić information content (AvgIpc) is 3.39. The molecule has 0 aliphatic heterocycles. The Morgan fingerprint density at radius 2 is 1.13 bits per heavy atom. The number of methoxy groups -OCH3 is 3. The van der Waals surface area contributed by atoms with Crippen molar-refractivity contribution in [3.63, 3.8) is 0 Å². The fraction of sp³-hybridized carbons (Fsp3) is 0.179. The summed E-state index contributed by atoms with van der Waals surface area (Å²) >= 11 is 11.2. The van der Waals surface area contributed by atoms with Crippen LogP contribution in [0.3, 0.4) is 0 Å². The van der Waals surface area contributed by atoms with Crippen LogP contribution in [0.2, 0.25) is 0 Å². The van der Waals surface area contributed by atoms with Crippen molar-refractivity contribution in [2.45, 2.75) is 12.7 Å². The zero-order chi connectivity index (χ0) is 28.6. The Morgan fingerprint density at radius 3 is 1.54 bits per heavy atom. The van der Waals surface area contributed by atoms with Gasteiger partial charge in [0.25, 0.3) is 0 Å². The molecule has 0 bridgehead atoms. The smallest absolute Gasteiger partial charge is 0.342 e. The molecule has 2 aliphatic carbocycles. The number of allylic oxidation sites excluding steroid dienone is 2. The van der Waals surface area contributed by atoms with E-state index in [1.807, 2.05) is 0 Å². The molecule has 2 aromatic carbocycles. The number of benzene rings is 2. The van der Waals surface area contributed by atoms with E-state index in [2.05, 4.69) is 0 Å². The number of carbonyl (C=O) groups is 5. The lowest BCUT2D eigenvalue weighted by Crippen LogP contribution is -2.29. The van der Waals surface area contributed by atoms with Crippen molar-refractivity contribution >= 4 is 52.3 Å². The van der Waals surface area contributed by atoms with E-state index in [4.69, 9.17) is 41.8 Å². The van der Waals surface area contributed by atoms with Crippen LogP contribution in [0.4, 0.5) is 0 Å². The molecule has 0 atom stereocenters. The lowest BCUT2D eigenvalue weighted by Gasteiger charge is -2.24. The maximum absolute atomic E-state index is 12.9. The van der Waals surface area contributed by atoms with E-state index in [1.165, 1.54) is 40.4 Å². The number of ketones is 4. The van der Waals surface area contributed by atoms with Gasteiger partial charge in [0.05, 0.1) is 12.7 Å². The second-order valence-corrected chi connectivity index (χ2v) is 9.15. The third kappa shape index (κ3) is 4.53. The number of Topliss-reactive ketones (excluding diaryl/α,β-unsaturated/α-hetero) is 2. The predicted octanol–water partition coefficient (Wildman–Crippen LogP) is 5.06. The molecular weight excluding hydrogens is 551 g/mol. The highest BCUT2D eigenvalue weighted by atomic mass is 35.5. The summed E-state index contributed by atoms with van der Waals surface area (Å²) in [5.41, 5.74) is 0.739. The summed E-state index contributed by atoms with van der Waals surface area (Å²) in [6.45, 7) is 1.51. The molecule has 39 heavy (non-hydrogen) atoms. The molecule has 0 spiro atoms. The molecule has 3 aromatic rings. The molecule has 0 unspecified atom stereocenters. The Bertz CT molecular complexity index is 1550. The largest absolute Gasteiger partial charge is 0.465 e. The third-order valence-corrected chi connectivity index (χ3v) is 7.16. The summed E-state index contributed by atoms with van der Waals surface area (Å²) in [5, 5.41) is -0.397. The first-order valence-corrected chi connectivity index (χ1v) is 12.1. The Morgan fingerprint density at radius 1 is 0.718 bits per heavy atom. The van der Waals surface area contributed by atoms with E-state index in [0.717, 1.165) is 0 Å². The van der Waals surface area contributed by atoms with Crippen LogP contribution in [-0.2, 0) is 20.0 Å². The summed E-state index contributed by atoms with van der Waals surface area (Å²) in [6, 6.07) is 12.8. The van der Waals surface area contributed by atoms with Gasteiger partial charge in [0, 0.05) is 36.5 Å². The molecule has 1 heterocycles. The van der Waals surface area contributed by atoms with E-state index < -0.39 is 34.9 Å². The van der Waals surface area contributed by atoms with Gasteiger partial charge in [0.2, 0.25) is 23.1 Å². The number of rotatable bonds is 4. The van der Waals surface area contributed by atoms with Gasteiger partial charge in [-0.25, -0.2) is 4.79 Å². The van der Waals surface area contributed by atoms with Crippen molar-refractivity contribution in [2.75, 3.05) is 21.3 Å². The number of fused-ring (bicyclic) bond motifs is 3. The van der Waals surface area contributed by atoms with Crippen LogP contribution in [0.5, 0.6) is 0 Å². The fourth-order valence-corrected chi connectivity index (χ4v) is 4.52. The molecule has 0 radical (unpaired) electrons. The van der Waals surface area contributed by atoms with E-state index in [-0.39, 0.29) is 43.8 Å². The maximum Gasteiger partial charge on any atom is 0.342 e. The number of ether oxygens (including phenoxy) is 3. The SMILES string of the molecule is COC(=O)c1c(C(C)(OC)OC)oc2c1C(=O)c1ccccc1C2=O.O=C1C(Cl)=C(Cl)C(=O)c2ccccc21. The maximum atomic E-state index is 12.9. The minimum Gasteiger partial charge on any atom is -0.465 e. The molecule has 5 rings (SSSR count). The minimum atomic E-state index is -1.48. The quantitative estimate of drug-likeness (QED) is 0.244. The van der Waals surface area contributed by atoms with Gasteiger partial charge < -0.3 is 18.6 Å². The van der Waals surface area contributed by atoms with Crippen LogP contribution in [0.15, 0.2) is 63.0 Å². The molecule has 0 saturated carbocycles. The van der Waals surface area contributed by atoms with Gasteiger partial charge in [-0.2, -0.15) is 0 Å². The van der Waals surface area contributed by atoms with Crippen LogP contribution >= 0.6 is 23.2 Å². The molecule has 1 aromatic heterocycles. The van der Waals surface area contributed by atoms with Gasteiger partial charge in [-0.1, -0.05) is 71.7 Å². The monoisotopic (exact) mass is 570 g/mol. The summed E-state index contributed by atoms with van der Waals surface area (Å²) in [4.78, 5) is 61.1. The standard InChI is InChI=1S/C18H16O7.C10H4Cl2O2/c1-18(23-3,24-4)16-12(17(21)22-2)11-13(19)9-7-5-6-8-10(9)14(20)15(11)25-16;11-7-8(12)10(14)6-4-2-1-3-5(6)9(7)13/h5-8H,1-4H3;1-4H. The number of hydrogen-bond donors (Lipinski definition) is 0. The summed E-state index contributed by atoms with van der Waals surface area (Å²) in [5.74, 6) is -4.39. The van der Waals surface area contributed by atoms with Crippen LogP contribution in [0.1, 0.15) is 75.8 Å². The highest BCUT2D eigenvalue weighted by Gasteiger charge is 2.45.